The molecule has 2 aliphatic rings. The second-order valence-electron chi connectivity index (χ2n) is 17.6. The van der Waals surface area contributed by atoms with Crippen LogP contribution in [0.2, 0.25) is 0 Å². The zero-order chi connectivity index (χ0) is 39.6. The van der Waals surface area contributed by atoms with Crippen molar-refractivity contribution in [2.24, 2.45) is 0 Å². The molecule has 2 aliphatic heterocycles. The van der Waals surface area contributed by atoms with Crippen molar-refractivity contribution in [3.8, 4) is 22.3 Å². The second-order valence-corrected chi connectivity index (χ2v) is 18.6. The lowest BCUT2D eigenvalue weighted by atomic mass is 9.45. The first kappa shape index (κ1) is 32.9. The molecule has 0 aliphatic carbocycles. The molecule has 0 amide bonds. The lowest BCUT2D eigenvalue weighted by Crippen LogP contribution is -2.56. The van der Waals surface area contributed by atoms with Crippen LogP contribution in [0.15, 0.2) is 167 Å². The topological polar surface area (TPSA) is 34.5 Å². The van der Waals surface area contributed by atoms with Crippen molar-refractivity contribution in [3.63, 3.8) is 0 Å². The number of thiophene rings is 1. The zero-order valence-electron chi connectivity index (χ0n) is 33.2. The lowest BCUT2D eigenvalue weighted by Gasteiger charge is -2.41. The Morgan fingerprint density at radius 1 is 0.550 bits per heavy atom. The summed E-state index contributed by atoms with van der Waals surface area (Å²) in [7, 11) is 0. The monoisotopic (exact) mass is 786 g/mol. The van der Waals surface area contributed by atoms with E-state index in [2.05, 4.69) is 188 Å². The summed E-state index contributed by atoms with van der Waals surface area (Å²) in [5.74, 6) is 0. The van der Waals surface area contributed by atoms with Gasteiger partial charge in [-0.3, -0.25) is 0 Å². The summed E-state index contributed by atoms with van der Waals surface area (Å²) in [6.07, 6.45) is 0. The molecule has 60 heavy (non-hydrogen) atoms. The van der Waals surface area contributed by atoms with Crippen LogP contribution in [0.3, 0.4) is 0 Å². The van der Waals surface area contributed by atoms with Gasteiger partial charge in [0, 0.05) is 64.9 Å². The molecule has 0 N–H and O–H groups in total. The number of hydrogen-bond donors (Lipinski definition) is 0. The predicted octanol–water partition coefficient (Wildman–Crippen LogP) is 14.2. The van der Waals surface area contributed by atoms with Crippen LogP contribution in [0.25, 0.3) is 97.3 Å². The van der Waals surface area contributed by atoms with Crippen LogP contribution in [0.4, 0.5) is 17.1 Å². The van der Waals surface area contributed by atoms with Crippen LogP contribution >= 0.6 is 11.3 Å². The summed E-state index contributed by atoms with van der Waals surface area (Å²) < 4.78 is 17.8. The smallest absolute Gasteiger partial charge is 0.333 e. The quantitative estimate of drug-likeness (QED) is 0.164. The van der Waals surface area contributed by atoms with Crippen molar-refractivity contribution in [1.29, 1.82) is 0 Å². The van der Waals surface area contributed by atoms with E-state index >= 15 is 0 Å². The van der Waals surface area contributed by atoms with Crippen LogP contribution < -0.4 is 15.8 Å². The van der Waals surface area contributed by atoms with Crippen LogP contribution in [0.5, 0.6) is 0 Å². The van der Waals surface area contributed by atoms with E-state index in [0.29, 0.717) is 0 Å². The van der Waals surface area contributed by atoms with Crippen molar-refractivity contribution < 1.29 is 8.83 Å². The van der Waals surface area contributed by atoms with Crippen molar-refractivity contribution in [2.75, 3.05) is 4.90 Å². The van der Waals surface area contributed by atoms with Gasteiger partial charge in [0.2, 0.25) is 0 Å². The van der Waals surface area contributed by atoms with Crippen molar-refractivity contribution in [2.45, 2.75) is 26.2 Å². The Morgan fingerprint density at radius 2 is 1.28 bits per heavy atom. The highest BCUT2D eigenvalue weighted by Gasteiger charge is 2.46. The fourth-order valence-corrected chi connectivity index (χ4v) is 12.0. The molecule has 12 aromatic rings. The Balaban J connectivity index is 1.23. The predicted molar refractivity (Wildman–Crippen MR) is 254 cm³/mol. The maximum absolute atomic E-state index is 7.05. The van der Waals surface area contributed by atoms with E-state index in [1.54, 1.807) is 0 Å². The van der Waals surface area contributed by atoms with Gasteiger partial charge in [0.15, 0.2) is 0 Å². The normalized spacial score (nSPS) is 13.5. The first-order valence-electron chi connectivity index (χ1n) is 20.8. The van der Waals surface area contributed by atoms with Gasteiger partial charge in [-0.1, -0.05) is 136 Å². The Labute approximate surface area is 349 Å². The maximum Gasteiger partial charge on any atom is 0.333 e. The molecule has 0 fully saturated rings. The average molecular weight is 787 g/mol. The minimum absolute atomic E-state index is 0.0477. The third-order valence-electron chi connectivity index (χ3n) is 13.3. The number of hydrogen-bond acceptors (Lipinski definition) is 4. The molecule has 4 nitrogen and oxygen atoms in total. The number of para-hydroxylation sites is 3. The summed E-state index contributed by atoms with van der Waals surface area (Å²) in [6, 6.07) is 57.9. The van der Waals surface area contributed by atoms with Crippen LogP contribution in [-0.2, 0) is 5.41 Å². The fourth-order valence-electron chi connectivity index (χ4n) is 10.7. The average Bonchev–Trinajstić information content (AvgIpc) is 4.04. The molecule has 8 aromatic carbocycles. The van der Waals surface area contributed by atoms with Crippen LogP contribution in [-0.4, -0.2) is 11.3 Å². The highest BCUT2D eigenvalue weighted by atomic mass is 32.1. The molecule has 0 saturated carbocycles. The molecule has 0 radical (unpaired) electrons. The first-order chi connectivity index (χ1) is 29.4. The molecule has 282 valence electrons. The van der Waals surface area contributed by atoms with E-state index in [-0.39, 0.29) is 12.3 Å². The lowest BCUT2D eigenvalue weighted by molar-refractivity contribution is 0.590. The first-order valence-corrected chi connectivity index (χ1v) is 21.6. The third kappa shape index (κ3) is 4.11. The number of aromatic nitrogens is 1. The number of anilines is 3. The second kappa shape index (κ2) is 11.4. The van der Waals surface area contributed by atoms with Gasteiger partial charge in [0.05, 0.1) is 21.6 Å². The largest absolute Gasteiger partial charge is 0.456 e. The minimum atomic E-state index is -0.145. The number of rotatable bonds is 2. The summed E-state index contributed by atoms with van der Waals surface area (Å²) in [5, 5.41) is 8.38. The van der Waals surface area contributed by atoms with Crippen molar-refractivity contribution >= 4 is 121 Å². The molecule has 0 atom stereocenters. The van der Waals surface area contributed by atoms with Gasteiger partial charge in [0.1, 0.15) is 22.3 Å². The van der Waals surface area contributed by atoms with Gasteiger partial charge in [-0.15, -0.1) is 11.3 Å². The SMILES string of the molecule is CC(C)(C)c1ccc(N2c3cc4c(oc5ccccc54)c4c3B(c3ccc5oc6ccccc6c5c32)n2c3sc5ccccc5c3c3cccc-4c32)c(-c2ccccc2)c1. The zero-order valence-corrected chi connectivity index (χ0v) is 34.0. The Hall–Kier alpha value is -7.02. The maximum atomic E-state index is 7.05. The molecule has 0 saturated heterocycles. The standard InChI is InChI=1S/C54H35BN2O2S/c1-54(2,3)31-24-26-40(37(28-31)30-14-5-4-6-15-30)56-41-29-38-32-16-7-10-21-42(32)59-52(38)48-36-20-13-19-35-46-34-18-9-12-23-45(34)60-53(46)57(50(35)36)55(49(41)48)39-25-27-44-47(51(39)56)33-17-8-11-22-43(33)58-44/h4-29H,1-3H3. The molecule has 6 heteroatoms. The van der Waals surface area contributed by atoms with Gasteiger partial charge in [-0.2, -0.15) is 0 Å². The summed E-state index contributed by atoms with van der Waals surface area (Å²) in [5.41, 5.74) is 16.8. The Morgan fingerprint density at radius 3 is 2.12 bits per heavy atom. The number of benzene rings is 8. The van der Waals surface area contributed by atoms with E-state index in [1.165, 1.54) is 69.9 Å². The number of fused-ring (bicyclic) bond motifs is 17. The van der Waals surface area contributed by atoms with E-state index < -0.39 is 0 Å². The minimum Gasteiger partial charge on any atom is -0.456 e. The van der Waals surface area contributed by atoms with Gasteiger partial charge >= 0.3 is 6.85 Å². The Bertz CT molecular complexity index is 3840. The Kier molecular flexibility index (Phi) is 6.24. The van der Waals surface area contributed by atoms with E-state index in [4.69, 9.17) is 8.83 Å². The van der Waals surface area contributed by atoms with E-state index in [9.17, 15) is 0 Å². The fraction of sp³-hybridized carbons (Fsp3) is 0.0741. The van der Waals surface area contributed by atoms with E-state index in [1.807, 2.05) is 11.3 Å². The van der Waals surface area contributed by atoms with E-state index in [0.717, 1.165) is 60.9 Å². The number of nitrogens with zero attached hydrogens (tertiary/aromatic N) is 2. The van der Waals surface area contributed by atoms with Crippen LogP contribution in [0, 0.1) is 0 Å². The molecule has 6 heterocycles. The van der Waals surface area contributed by atoms with Crippen LogP contribution in [0.1, 0.15) is 26.3 Å². The molecule has 0 bridgehead atoms. The molecule has 0 spiro atoms. The summed E-state index contributed by atoms with van der Waals surface area (Å²) >= 11 is 1.90. The molecular weight excluding hydrogens is 751 g/mol. The van der Waals surface area contributed by atoms with Gasteiger partial charge in [-0.25, -0.2) is 0 Å². The summed E-state index contributed by atoms with van der Waals surface area (Å²) in [6.45, 7) is 6.76. The summed E-state index contributed by atoms with van der Waals surface area (Å²) in [4.78, 5) is 3.88. The third-order valence-corrected chi connectivity index (χ3v) is 14.5. The highest BCUT2D eigenvalue weighted by molar-refractivity contribution is 7.26. The van der Waals surface area contributed by atoms with Gasteiger partial charge < -0.3 is 18.2 Å². The van der Waals surface area contributed by atoms with Gasteiger partial charge in [0.25, 0.3) is 0 Å². The molecule has 0 unspecified atom stereocenters. The van der Waals surface area contributed by atoms with Gasteiger partial charge in [-0.05, 0) is 69.9 Å². The molecular formula is C54H35BN2O2S. The number of furan rings is 2. The molecule has 14 rings (SSSR count). The van der Waals surface area contributed by atoms with Crippen molar-refractivity contribution in [1.82, 2.24) is 4.48 Å². The highest BCUT2D eigenvalue weighted by Crippen LogP contribution is 2.54. The van der Waals surface area contributed by atoms with Crippen molar-refractivity contribution in [3.05, 3.63) is 163 Å². The molecule has 4 aromatic heterocycles.